The number of rotatable bonds is 7. The van der Waals surface area contributed by atoms with Crippen LogP contribution in [-0.2, 0) is 0 Å². The molecule has 0 amide bonds. The summed E-state index contributed by atoms with van der Waals surface area (Å²) in [5.41, 5.74) is 4.21. The molecule has 0 fully saturated rings. The minimum Gasteiger partial charge on any atom is -0.545 e. The zero-order chi connectivity index (χ0) is 23.0. The second-order valence-electron chi connectivity index (χ2n) is 5.76. The van der Waals surface area contributed by atoms with Gasteiger partial charge < -0.3 is 36.7 Å². The summed E-state index contributed by atoms with van der Waals surface area (Å²) >= 11 is 0. The molecule has 0 aliphatic heterocycles. The average molecular weight is 419 g/mol. The smallest absolute Gasteiger partial charge is 0.336 e. The molecule has 0 saturated heterocycles. The van der Waals surface area contributed by atoms with Gasteiger partial charge >= 0.3 is 17.9 Å². The summed E-state index contributed by atoms with van der Waals surface area (Å²) in [6, 6.07) is 5.62. The van der Waals surface area contributed by atoms with Crippen molar-refractivity contribution in [3.05, 3.63) is 69.8 Å². The molecule has 2 rings (SSSR count). The maximum Gasteiger partial charge on any atom is 0.336 e. The van der Waals surface area contributed by atoms with Crippen LogP contribution in [0.4, 0.5) is 0 Å². The van der Waals surface area contributed by atoms with E-state index in [9.17, 15) is 29.1 Å². The quantitative estimate of drug-likeness (QED) is 0.308. The second-order valence-corrected chi connectivity index (χ2v) is 5.76. The minimum absolute atomic E-state index is 0.209. The largest absolute Gasteiger partial charge is 0.545 e. The summed E-state index contributed by atoms with van der Waals surface area (Å²) in [6.07, 6.45) is 0. The van der Waals surface area contributed by atoms with Crippen molar-refractivity contribution < 1.29 is 55.9 Å². The number of carboxylic acids is 4. The van der Waals surface area contributed by atoms with Gasteiger partial charge in [0.1, 0.15) is 13.1 Å². The van der Waals surface area contributed by atoms with Crippen LogP contribution in [-0.4, -0.2) is 58.1 Å². The Hall–Kier alpha value is -4.09. The molecule has 0 aliphatic rings. The summed E-state index contributed by atoms with van der Waals surface area (Å²) in [7, 11) is 0. The van der Waals surface area contributed by atoms with Crippen molar-refractivity contribution >= 4 is 29.7 Å². The molecule has 0 aliphatic carbocycles. The van der Waals surface area contributed by atoms with Crippen molar-refractivity contribution in [2.45, 2.75) is 0 Å². The summed E-state index contributed by atoms with van der Waals surface area (Å²) in [5.74, 6) is -7.20. The zero-order valence-electron chi connectivity index (χ0n) is 15.6. The lowest BCUT2D eigenvalue weighted by Crippen LogP contribution is -2.64. The van der Waals surface area contributed by atoms with Gasteiger partial charge in [-0.15, -0.1) is 0 Å². The van der Waals surface area contributed by atoms with Gasteiger partial charge in [0.05, 0.1) is 22.7 Å². The minimum atomic E-state index is -1.80. The molecule has 0 unspecified atom stereocenters. The first kappa shape index (κ1) is 23.9. The Labute approximate surface area is 169 Å². The number of benzene rings is 2. The first-order valence-electron chi connectivity index (χ1n) is 8.37. The summed E-state index contributed by atoms with van der Waals surface area (Å²) in [4.78, 5) is 56.7. The molecule has 0 radical (unpaired) electrons. The molecular weight excluding hydrogens is 400 g/mol. The van der Waals surface area contributed by atoms with Crippen molar-refractivity contribution in [3.63, 3.8) is 0 Å². The molecule has 2 aromatic rings. The molecule has 0 heterocycles. The lowest BCUT2D eigenvalue weighted by atomic mass is 9.95. The van der Waals surface area contributed by atoms with Crippen molar-refractivity contribution in [2.24, 2.45) is 0 Å². The van der Waals surface area contributed by atoms with E-state index < -0.39 is 51.9 Å². The molecule has 0 spiro atoms. The van der Waals surface area contributed by atoms with Crippen LogP contribution in [0.5, 0.6) is 0 Å². The van der Waals surface area contributed by atoms with Crippen LogP contribution in [0.1, 0.15) is 57.4 Å². The predicted octanol–water partition coefficient (Wildman–Crippen LogP) is -2.15. The number of quaternary nitrogens is 2. The van der Waals surface area contributed by atoms with Crippen molar-refractivity contribution in [3.8, 4) is 0 Å². The van der Waals surface area contributed by atoms with Crippen molar-refractivity contribution in [1.82, 2.24) is 0 Å². The highest BCUT2D eigenvalue weighted by molar-refractivity contribution is 6.13. The van der Waals surface area contributed by atoms with Crippen molar-refractivity contribution in [1.29, 1.82) is 0 Å². The standard InChI is InChI=1S/C17H10O9.C2H8N2/c18-13(7-1-3-9(14(19)20)11(5-7)16(23)24)8-2-4-10(15(21)22)12(6-8)17(25)26;3-1-2-4/h1-6H,(H,19,20)(H,21,22)(H,23,24)(H,25,26);1-4H2/p+1. The van der Waals surface area contributed by atoms with E-state index in [0.717, 1.165) is 49.5 Å². The summed E-state index contributed by atoms with van der Waals surface area (Å²) < 4.78 is 0. The molecule has 0 saturated carbocycles. The van der Waals surface area contributed by atoms with Crippen LogP contribution < -0.4 is 16.6 Å². The van der Waals surface area contributed by atoms with E-state index in [1.54, 1.807) is 0 Å². The fourth-order valence-corrected chi connectivity index (χ4v) is 2.26. The van der Waals surface area contributed by atoms with E-state index in [1.165, 1.54) is 0 Å². The van der Waals surface area contributed by atoms with Gasteiger partial charge in [-0.1, -0.05) is 12.1 Å². The molecule has 158 valence electrons. The number of ketones is 1. The van der Waals surface area contributed by atoms with Gasteiger partial charge in [-0.2, -0.15) is 0 Å². The molecule has 30 heavy (non-hydrogen) atoms. The van der Waals surface area contributed by atoms with E-state index in [-0.39, 0.29) is 11.1 Å². The number of carbonyl (C=O) groups excluding carboxylic acids is 2. The van der Waals surface area contributed by atoms with Crippen LogP contribution in [0.15, 0.2) is 36.4 Å². The van der Waals surface area contributed by atoms with Gasteiger partial charge in [-0.3, -0.25) is 4.79 Å². The Morgan fingerprint density at radius 2 is 1.03 bits per heavy atom. The topological polar surface area (TPSA) is 224 Å². The van der Waals surface area contributed by atoms with Crippen LogP contribution in [0.3, 0.4) is 0 Å². The lowest BCUT2D eigenvalue weighted by molar-refractivity contribution is -0.453. The number of hydrogen-bond acceptors (Lipinski definition) is 6. The van der Waals surface area contributed by atoms with Crippen LogP contribution >= 0.6 is 0 Å². The number of aromatic carboxylic acids is 4. The average Bonchev–Trinajstić information content (AvgIpc) is 2.72. The van der Waals surface area contributed by atoms with Gasteiger partial charge in [0, 0.05) is 16.7 Å². The fourth-order valence-electron chi connectivity index (χ4n) is 2.26. The predicted molar refractivity (Wildman–Crippen MR) is 97.0 cm³/mol. The molecule has 0 bridgehead atoms. The Morgan fingerprint density at radius 3 is 1.37 bits per heavy atom. The van der Waals surface area contributed by atoms with E-state index >= 15 is 0 Å². The maximum absolute atomic E-state index is 12.5. The molecule has 11 heteroatoms. The van der Waals surface area contributed by atoms with E-state index in [4.69, 9.17) is 15.3 Å². The highest BCUT2D eigenvalue weighted by atomic mass is 16.4. The Bertz CT molecular complexity index is 936. The highest BCUT2D eigenvalue weighted by Crippen LogP contribution is 2.19. The SMILES string of the molecule is O=C(c1ccc(C(=O)O)c(C(=O)[O-])c1)c1ccc(C(=O)O)c(C(=O)O)c1.[NH3+]CC[NH3+]. The van der Waals surface area contributed by atoms with Gasteiger partial charge in [0.15, 0.2) is 5.78 Å². The third-order valence-corrected chi connectivity index (χ3v) is 3.72. The number of hydrogen-bond donors (Lipinski definition) is 5. The summed E-state index contributed by atoms with van der Waals surface area (Å²) in [6.45, 7) is 1.92. The highest BCUT2D eigenvalue weighted by Gasteiger charge is 2.20. The third kappa shape index (κ3) is 5.70. The van der Waals surface area contributed by atoms with Gasteiger partial charge in [-0.05, 0) is 24.3 Å². The number of carboxylic acid groups (broad SMARTS) is 4. The van der Waals surface area contributed by atoms with Gasteiger partial charge in [0.25, 0.3) is 0 Å². The lowest BCUT2D eigenvalue weighted by Gasteiger charge is -2.10. The van der Waals surface area contributed by atoms with Crippen LogP contribution in [0.2, 0.25) is 0 Å². The first-order chi connectivity index (χ1) is 14.0. The van der Waals surface area contributed by atoms with Crippen LogP contribution in [0.25, 0.3) is 0 Å². The Morgan fingerprint density at radius 1 is 0.667 bits per heavy atom. The van der Waals surface area contributed by atoms with E-state index in [0.29, 0.717) is 0 Å². The molecule has 2 aromatic carbocycles. The van der Waals surface area contributed by atoms with Crippen LogP contribution in [0, 0.1) is 0 Å². The fraction of sp³-hybridized carbons (Fsp3) is 0.105. The molecule has 0 aromatic heterocycles. The van der Waals surface area contributed by atoms with E-state index in [2.05, 4.69) is 11.5 Å². The van der Waals surface area contributed by atoms with Gasteiger partial charge in [0.2, 0.25) is 0 Å². The Kier molecular flexibility index (Phi) is 8.34. The zero-order valence-corrected chi connectivity index (χ0v) is 15.6. The van der Waals surface area contributed by atoms with Crippen molar-refractivity contribution in [2.75, 3.05) is 13.1 Å². The second kappa shape index (κ2) is 10.5. The third-order valence-electron chi connectivity index (χ3n) is 3.72. The monoisotopic (exact) mass is 419 g/mol. The maximum atomic E-state index is 12.5. The molecule has 0 atom stereocenters. The normalized spacial score (nSPS) is 9.80. The Balaban J connectivity index is 0.00000103. The molecule has 11 nitrogen and oxygen atoms in total. The van der Waals surface area contributed by atoms with E-state index in [1.807, 2.05) is 0 Å². The first-order valence-corrected chi connectivity index (χ1v) is 8.37. The molecular formula is C19H19N2O9+. The summed E-state index contributed by atoms with van der Waals surface area (Å²) in [5, 5.41) is 38.1. The molecule has 9 N–H and O–H groups in total. The number of carbonyl (C=O) groups is 5. The van der Waals surface area contributed by atoms with Gasteiger partial charge in [-0.25, -0.2) is 14.4 Å².